The van der Waals surface area contributed by atoms with Crippen LogP contribution in [0.2, 0.25) is 0 Å². The number of benzene rings is 1. The van der Waals surface area contributed by atoms with Crippen molar-refractivity contribution in [2.45, 2.75) is 39.8 Å². The van der Waals surface area contributed by atoms with Gasteiger partial charge in [-0.3, -0.25) is 4.90 Å². The van der Waals surface area contributed by atoms with Crippen LogP contribution in [0, 0.1) is 18.3 Å². The minimum absolute atomic E-state index is 0.485. The van der Waals surface area contributed by atoms with E-state index in [2.05, 4.69) is 64.6 Å². The Bertz CT molecular complexity index is 573. The molecule has 2 rings (SSSR count). The van der Waals surface area contributed by atoms with Crippen LogP contribution >= 0.6 is 0 Å². The summed E-state index contributed by atoms with van der Waals surface area (Å²) in [5.41, 5.74) is 2.66. The predicted molar refractivity (Wildman–Crippen MR) is 102 cm³/mol. The molecule has 4 nitrogen and oxygen atoms in total. The van der Waals surface area contributed by atoms with Crippen LogP contribution in [0.1, 0.15) is 37.8 Å². The lowest BCUT2D eigenvalue weighted by Crippen LogP contribution is -2.37. The van der Waals surface area contributed by atoms with Gasteiger partial charge in [-0.05, 0) is 43.4 Å². The predicted octanol–water partition coefficient (Wildman–Crippen LogP) is 2.61. The van der Waals surface area contributed by atoms with E-state index < -0.39 is 0 Å². The molecule has 1 aromatic carbocycles. The Kier molecular flexibility index (Phi) is 7.64. The van der Waals surface area contributed by atoms with Gasteiger partial charge < -0.3 is 10.6 Å². The maximum absolute atomic E-state index is 5.32. The minimum atomic E-state index is 0.485. The highest BCUT2D eigenvalue weighted by Gasteiger charge is 2.17. The van der Waals surface area contributed by atoms with Crippen LogP contribution in [-0.2, 0) is 13.1 Å². The van der Waals surface area contributed by atoms with Crippen molar-refractivity contribution in [2.24, 2.45) is 10.9 Å². The van der Waals surface area contributed by atoms with E-state index >= 15 is 0 Å². The van der Waals surface area contributed by atoms with Gasteiger partial charge in [-0.2, -0.15) is 0 Å². The second-order valence-electron chi connectivity index (χ2n) is 6.50. The highest BCUT2D eigenvalue weighted by molar-refractivity contribution is 5.80. The molecule has 1 saturated heterocycles. The molecule has 1 unspecified atom stereocenters. The summed E-state index contributed by atoms with van der Waals surface area (Å²) >= 11 is 0. The molecular formula is C20H30N4. The third kappa shape index (κ3) is 5.90. The summed E-state index contributed by atoms with van der Waals surface area (Å²) in [5, 5.41) is 6.37. The lowest BCUT2D eigenvalue weighted by Gasteiger charge is -2.31. The van der Waals surface area contributed by atoms with Crippen molar-refractivity contribution in [3.8, 4) is 12.3 Å². The first-order valence-electron chi connectivity index (χ1n) is 8.97. The zero-order valence-electron chi connectivity index (χ0n) is 15.0. The molecule has 2 N–H and O–H groups in total. The monoisotopic (exact) mass is 326 g/mol. The maximum Gasteiger partial charge on any atom is 0.192 e. The Morgan fingerprint density at radius 1 is 1.33 bits per heavy atom. The van der Waals surface area contributed by atoms with Crippen LogP contribution in [0.15, 0.2) is 29.3 Å². The van der Waals surface area contributed by atoms with Gasteiger partial charge in [0.25, 0.3) is 0 Å². The van der Waals surface area contributed by atoms with E-state index in [1.165, 1.54) is 37.1 Å². The molecule has 0 aliphatic carbocycles. The summed E-state index contributed by atoms with van der Waals surface area (Å²) < 4.78 is 0. The number of piperidine rings is 1. The van der Waals surface area contributed by atoms with E-state index in [0.717, 1.165) is 25.0 Å². The van der Waals surface area contributed by atoms with Gasteiger partial charge in [0.2, 0.25) is 0 Å². The number of likely N-dealkylation sites (tertiary alicyclic amines) is 1. The van der Waals surface area contributed by atoms with Gasteiger partial charge in [-0.1, -0.05) is 37.1 Å². The Balaban J connectivity index is 2.03. The summed E-state index contributed by atoms with van der Waals surface area (Å²) in [4.78, 5) is 7.24. The highest BCUT2D eigenvalue weighted by Crippen LogP contribution is 2.19. The average Bonchev–Trinajstić information content (AvgIpc) is 2.58. The van der Waals surface area contributed by atoms with Crippen LogP contribution < -0.4 is 10.6 Å². The first-order valence-corrected chi connectivity index (χ1v) is 8.97. The number of rotatable bonds is 6. The number of guanidine groups is 1. The third-order valence-electron chi connectivity index (χ3n) is 4.36. The number of nitrogens with zero attached hydrogens (tertiary/aromatic N) is 2. The molecule has 1 fully saturated rings. The van der Waals surface area contributed by atoms with Crippen LogP contribution in [0.25, 0.3) is 0 Å². The van der Waals surface area contributed by atoms with Crippen molar-refractivity contribution in [2.75, 3.05) is 26.2 Å². The summed E-state index contributed by atoms with van der Waals surface area (Å²) in [6.45, 7) is 9.80. The average molecular weight is 326 g/mol. The fourth-order valence-electron chi connectivity index (χ4n) is 3.18. The van der Waals surface area contributed by atoms with Crippen LogP contribution in [0.4, 0.5) is 0 Å². The summed E-state index contributed by atoms with van der Waals surface area (Å²) in [6.07, 6.45) is 7.98. The summed E-state index contributed by atoms with van der Waals surface area (Å²) in [7, 11) is 0. The molecule has 130 valence electrons. The Morgan fingerprint density at radius 3 is 2.83 bits per heavy atom. The second-order valence-corrected chi connectivity index (χ2v) is 6.50. The molecule has 1 atom stereocenters. The summed E-state index contributed by atoms with van der Waals surface area (Å²) in [5.74, 6) is 4.16. The molecule has 1 heterocycles. The molecule has 4 heteroatoms. The van der Waals surface area contributed by atoms with E-state index in [0.29, 0.717) is 13.1 Å². The molecule has 0 spiro atoms. The molecule has 1 aromatic rings. The molecule has 0 amide bonds. The maximum atomic E-state index is 5.32. The minimum Gasteiger partial charge on any atom is -0.357 e. The second kappa shape index (κ2) is 10.00. The van der Waals surface area contributed by atoms with E-state index in [1.54, 1.807) is 0 Å². The Morgan fingerprint density at radius 2 is 2.12 bits per heavy atom. The molecule has 0 aromatic heterocycles. The van der Waals surface area contributed by atoms with Gasteiger partial charge in [0, 0.05) is 19.6 Å². The van der Waals surface area contributed by atoms with E-state index in [9.17, 15) is 0 Å². The lowest BCUT2D eigenvalue weighted by molar-refractivity contribution is 0.176. The van der Waals surface area contributed by atoms with Gasteiger partial charge in [0.15, 0.2) is 5.96 Å². The fraction of sp³-hybridized carbons (Fsp3) is 0.550. The van der Waals surface area contributed by atoms with Crippen molar-refractivity contribution in [3.05, 3.63) is 35.4 Å². The third-order valence-corrected chi connectivity index (χ3v) is 4.36. The molecule has 0 saturated carbocycles. The van der Waals surface area contributed by atoms with Crippen LogP contribution in [-0.4, -0.2) is 37.0 Å². The molecule has 24 heavy (non-hydrogen) atoms. The normalized spacial score (nSPS) is 18.9. The zero-order chi connectivity index (χ0) is 17.2. The molecular weight excluding hydrogens is 296 g/mol. The van der Waals surface area contributed by atoms with Crippen LogP contribution in [0.3, 0.4) is 0 Å². The largest absolute Gasteiger partial charge is 0.357 e. The molecule has 1 aliphatic rings. The lowest BCUT2D eigenvalue weighted by atomic mass is 9.99. The van der Waals surface area contributed by atoms with Gasteiger partial charge >= 0.3 is 0 Å². The van der Waals surface area contributed by atoms with Crippen molar-refractivity contribution in [3.63, 3.8) is 0 Å². The molecule has 1 aliphatic heterocycles. The Labute approximate surface area is 146 Å². The van der Waals surface area contributed by atoms with Gasteiger partial charge in [-0.25, -0.2) is 4.99 Å². The van der Waals surface area contributed by atoms with Gasteiger partial charge in [0.05, 0.1) is 13.1 Å². The smallest absolute Gasteiger partial charge is 0.192 e. The first kappa shape index (κ1) is 18.4. The quantitative estimate of drug-likeness (QED) is 0.479. The number of hydrogen-bond acceptors (Lipinski definition) is 2. The summed E-state index contributed by atoms with van der Waals surface area (Å²) in [6, 6.07) is 8.62. The highest BCUT2D eigenvalue weighted by atomic mass is 15.2. The van der Waals surface area contributed by atoms with E-state index in [1.807, 2.05) is 0 Å². The number of nitrogens with one attached hydrogen (secondary N) is 2. The number of aliphatic imine (C=N–C) groups is 1. The Hall–Kier alpha value is -1.99. The standard InChI is InChI=1S/C20H30N4/c1-4-12-22-20(21-5-2)23-14-18-10-6-7-11-19(18)16-24-13-8-9-17(3)15-24/h1,6-7,10-11,17H,5,8-9,12-16H2,2-3H3,(H2,21,22,23). The van der Waals surface area contributed by atoms with Crippen LogP contribution in [0.5, 0.6) is 0 Å². The van der Waals surface area contributed by atoms with Crippen molar-refractivity contribution in [1.82, 2.24) is 15.5 Å². The number of hydrogen-bond donors (Lipinski definition) is 2. The van der Waals surface area contributed by atoms with Gasteiger partial charge in [0.1, 0.15) is 0 Å². The van der Waals surface area contributed by atoms with Crippen molar-refractivity contribution in [1.29, 1.82) is 0 Å². The number of terminal acetylenes is 1. The van der Waals surface area contributed by atoms with E-state index in [-0.39, 0.29) is 0 Å². The zero-order valence-corrected chi connectivity index (χ0v) is 15.0. The topological polar surface area (TPSA) is 39.7 Å². The van der Waals surface area contributed by atoms with Gasteiger partial charge in [-0.15, -0.1) is 6.42 Å². The fourth-order valence-corrected chi connectivity index (χ4v) is 3.18. The first-order chi connectivity index (χ1) is 11.7. The molecule has 0 bridgehead atoms. The van der Waals surface area contributed by atoms with Crippen molar-refractivity contribution >= 4 is 5.96 Å². The molecule has 0 radical (unpaired) electrons. The van der Waals surface area contributed by atoms with E-state index in [4.69, 9.17) is 6.42 Å². The SMILES string of the molecule is C#CCNC(=NCc1ccccc1CN1CCCC(C)C1)NCC. The van der Waals surface area contributed by atoms with Crippen molar-refractivity contribution < 1.29 is 0 Å².